The molecule has 0 N–H and O–H groups in total. The molecule has 0 bridgehead atoms. The van der Waals surface area contributed by atoms with Crippen molar-refractivity contribution in [3.63, 3.8) is 0 Å². The number of anilines is 3. The zero-order valence-electron chi connectivity index (χ0n) is 30.8. The molecule has 55 heavy (non-hydrogen) atoms. The number of nitrogens with zero attached hydrogens (tertiary/aromatic N) is 1. The molecule has 0 amide bonds. The van der Waals surface area contributed by atoms with Crippen molar-refractivity contribution in [1.29, 1.82) is 0 Å². The van der Waals surface area contributed by atoms with E-state index >= 15 is 0 Å². The van der Waals surface area contributed by atoms with Crippen molar-refractivity contribution in [2.75, 3.05) is 4.90 Å². The van der Waals surface area contributed by atoms with E-state index in [1.807, 2.05) is 11.3 Å². The Morgan fingerprint density at radius 2 is 0.964 bits per heavy atom. The highest BCUT2D eigenvalue weighted by atomic mass is 32.1. The van der Waals surface area contributed by atoms with E-state index in [0.717, 1.165) is 5.69 Å². The van der Waals surface area contributed by atoms with Crippen LogP contribution >= 0.6 is 11.3 Å². The lowest BCUT2D eigenvalue weighted by atomic mass is 9.82. The van der Waals surface area contributed by atoms with Gasteiger partial charge >= 0.3 is 0 Å². The third-order valence-electron chi connectivity index (χ3n) is 11.9. The molecule has 0 radical (unpaired) electrons. The number of thiophene rings is 1. The summed E-state index contributed by atoms with van der Waals surface area (Å²) in [6.07, 6.45) is 0. The molecule has 1 aromatic heterocycles. The van der Waals surface area contributed by atoms with Gasteiger partial charge < -0.3 is 4.90 Å². The zero-order chi connectivity index (χ0) is 36.7. The summed E-state index contributed by atoms with van der Waals surface area (Å²) in [6.45, 7) is 4.73. The third kappa shape index (κ3) is 4.92. The monoisotopic (exact) mass is 719 g/mol. The van der Waals surface area contributed by atoms with Crippen LogP contribution in [0.1, 0.15) is 25.0 Å². The van der Waals surface area contributed by atoms with E-state index in [4.69, 9.17) is 0 Å². The molecular formula is C53H37NS. The second kappa shape index (κ2) is 12.3. The van der Waals surface area contributed by atoms with Crippen molar-refractivity contribution in [3.05, 3.63) is 199 Å². The molecule has 10 aromatic rings. The molecule has 1 heterocycles. The maximum Gasteiger partial charge on any atom is 0.0640 e. The molecule has 0 saturated carbocycles. The largest absolute Gasteiger partial charge is 0.309 e. The summed E-state index contributed by atoms with van der Waals surface area (Å²) < 4.78 is 2.61. The average molecular weight is 720 g/mol. The van der Waals surface area contributed by atoms with Gasteiger partial charge in [0.15, 0.2) is 0 Å². The first-order valence-corrected chi connectivity index (χ1v) is 19.9. The Labute approximate surface area is 325 Å². The van der Waals surface area contributed by atoms with Gasteiger partial charge in [0.1, 0.15) is 0 Å². The minimum atomic E-state index is -0.0969. The molecule has 9 aromatic carbocycles. The Kier molecular flexibility index (Phi) is 7.14. The van der Waals surface area contributed by atoms with Crippen LogP contribution in [0.3, 0.4) is 0 Å². The van der Waals surface area contributed by atoms with E-state index in [9.17, 15) is 0 Å². The first-order chi connectivity index (χ1) is 27.0. The summed E-state index contributed by atoms with van der Waals surface area (Å²) in [4.78, 5) is 2.47. The number of benzene rings is 9. The second-order valence-corrected chi connectivity index (χ2v) is 16.3. The van der Waals surface area contributed by atoms with Gasteiger partial charge in [-0.25, -0.2) is 0 Å². The van der Waals surface area contributed by atoms with E-state index in [-0.39, 0.29) is 5.41 Å². The fraction of sp³-hybridized carbons (Fsp3) is 0.0566. The maximum absolute atomic E-state index is 2.47. The van der Waals surface area contributed by atoms with Crippen molar-refractivity contribution in [1.82, 2.24) is 0 Å². The number of fused-ring (bicyclic) bond motifs is 8. The van der Waals surface area contributed by atoms with Crippen LogP contribution in [0.25, 0.3) is 75.1 Å². The predicted molar refractivity (Wildman–Crippen MR) is 237 cm³/mol. The molecule has 0 unspecified atom stereocenters. The molecule has 2 heteroatoms. The van der Waals surface area contributed by atoms with Crippen LogP contribution in [0.15, 0.2) is 188 Å². The highest BCUT2D eigenvalue weighted by molar-refractivity contribution is 7.26. The number of rotatable bonds is 5. The number of hydrogen-bond acceptors (Lipinski definition) is 2. The van der Waals surface area contributed by atoms with Crippen molar-refractivity contribution in [2.24, 2.45) is 0 Å². The standard InChI is InChI=1S/C53H37NS/c1-53(2)48-22-9-7-18-44(48)45-30-29-37(33-49(45)53)54(50-23-12-21-47-46-19-8-10-24-51(46)55-52(47)50)36-27-25-35(26-28-36)39-31-32-43(42-17-6-5-16-40(39)42)41-20-11-14-34-13-3-4-15-38(34)41/h3-33H,1-2H3. The van der Waals surface area contributed by atoms with Crippen LogP contribution in [0.5, 0.6) is 0 Å². The van der Waals surface area contributed by atoms with Crippen LogP contribution in [-0.4, -0.2) is 0 Å². The van der Waals surface area contributed by atoms with Gasteiger partial charge in [0, 0.05) is 32.3 Å². The van der Waals surface area contributed by atoms with Gasteiger partial charge in [0.05, 0.1) is 10.4 Å². The lowest BCUT2D eigenvalue weighted by molar-refractivity contribution is 0.660. The Bertz CT molecular complexity index is 3120. The lowest BCUT2D eigenvalue weighted by Crippen LogP contribution is -2.16. The predicted octanol–water partition coefficient (Wildman–Crippen LogP) is 15.5. The molecule has 1 nitrogen and oxygen atoms in total. The molecular weight excluding hydrogens is 683 g/mol. The summed E-state index contributed by atoms with van der Waals surface area (Å²) in [6, 6.07) is 69.6. The van der Waals surface area contributed by atoms with E-state index in [1.165, 1.54) is 97.6 Å². The summed E-state index contributed by atoms with van der Waals surface area (Å²) >= 11 is 1.88. The van der Waals surface area contributed by atoms with Crippen LogP contribution < -0.4 is 4.90 Å². The first-order valence-electron chi connectivity index (χ1n) is 19.1. The molecule has 0 atom stereocenters. The average Bonchev–Trinajstić information content (AvgIpc) is 3.73. The summed E-state index contributed by atoms with van der Waals surface area (Å²) in [5, 5.41) is 7.67. The fourth-order valence-corrected chi connectivity index (χ4v) is 10.4. The molecule has 260 valence electrons. The van der Waals surface area contributed by atoms with Crippen LogP contribution in [0.4, 0.5) is 17.1 Å². The number of hydrogen-bond donors (Lipinski definition) is 0. The van der Waals surface area contributed by atoms with Gasteiger partial charge in [-0.2, -0.15) is 0 Å². The van der Waals surface area contributed by atoms with Gasteiger partial charge in [-0.3, -0.25) is 0 Å². The second-order valence-electron chi connectivity index (χ2n) is 15.3. The zero-order valence-corrected chi connectivity index (χ0v) is 31.6. The van der Waals surface area contributed by atoms with Crippen LogP contribution in [-0.2, 0) is 5.41 Å². The molecule has 0 saturated heterocycles. The van der Waals surface area contributed by atoms with Gasteiger partial charge in [0.2, 0.25) is 0 Å². The minimum Gasteiger partial charge on any atom is -0.309 e. The van der Waals surface area contributed by atoms with Crippen molar-refractivity contribution in [2.45, 2.75) is 19.3 Å². The Morgan fingerprint density at radius 1 is 0.400 bits per heavy atom. The normalized spacial score (nSPS) is 13.1. The first kappa shape index (κ1) is 32.0. The molecule has 0 spiro atoms. The van der Waals surface area contributed by atoms with Gasteiger partial charge in [-0.05, 0) is 102 Å². The van der Waals surface area contributed by atoms with E-state index < -0.39 is 0 Å². The highest BCUT2D eigenvalue weighted by Crippen LogP contribution is 2.52. The maximum atomic E-state index is 2.47. The molecule has 1 aliphatic carbocycles. The summed E-state index contributed by atoms with van der Waals surface area (Å²) in [7, 11) is 0. The van der Waals surface area contributed by atoms with E-state index in [1.54, 1.807) is 0 Å². The molecule has 11 rings (SSSR count). The van der Waals surface area contributed by atoms with Gasteiger partial charge in [-0.15, -0.1) is 11.3 Å². The topological polar surface area (TPSA) is 3.24 Å². The van der Waals surface area contributed by atoms with Crippen LogP contribution in [0.2, 0.25) is 0 Å². The molecule has 0 fully saturated rings. The van der Waals surface area contributed by atoms with Crippen molar-refractivity contribution in [3.8, 4) is 33.4 Å². The van der Waals surface area contributed by atoms with Gasteiger partial charge in [0.25, 0.3) is 0 Å². The van der Waals surface area contributed by atoms with Gasteiger partial charge in [-0.1, -0.05) is 166 Å². The minimum absolute atomic E-state index is 0.0969. The summed E-state index contributed by atoms with van der Waals surface area (Å²) in [5.41, 5.74) is 13.8. The van der Waals surface area contributed by atoms with E-state index in [0.29, 0.717) is 0 Å². The third-order valence-corrected chi connectivity index (χ3v) is 13.1. The Hall–Kier alpha value is -6.48. The lowest BCUT2D eigenvalue weighted by Gasteiger charge is -2.28. The Balaban J connectivity index is 1.07. The molecule has 0 aliphatic heterocycles. The smallest absolute Gasteiger partial charge is 0.0640 e. The SMILES string of the molecule is CC1(C)c2ccccc2-c2ccc(N(c3ccc(-c4ccc(-c5cccc6ccccc56)c5ccccc45)cc3)c3cccc4c3sc3ccccc34)cc21. The Morgan fingerprint density at radius 3 is 1.82 bits per heavy atom. The fourth-order valence-electron chi connectivity index (χ4n) is 9.20. The summed E-state index contributed by atoms with van der Waals surface area (Å²) in [5.74, 6) is 0. The van der Waals surface area contributed by atoms with E-state index in [2.05, 4.69) is 207 Å². The molecule has 1 aliphatic rings. The van der Waals surface area contributed by atoms with Crippen LogP contribution in [0, 0.1) is 0 Å². The van der Waals surface area contributed by atoms with Crippen molar-refractivity contribution < 1.29 is 0 Å². The highest BCUT2D eigenvalue weighted by Gasteiger charge is 2.36. The van der Waals surface area contributed by atoms with Crippen molar-refractivity contribution >= 4 is 70.1 Å². The quantitative estimate of drug-likeness (QED) is 0.171.